The van der Waals surface area contributed by atoms with Crippen molar-refractivity contribution in [1.82, 2.24) is 19.9 Å². The standard InChI is InChI=1S/C17H15F3N6/c18-17(19,20)10-25-4-6-26(7-5-25)15-12(8-21)23-9-13-14(15)11-2-1-3-22-16(11)24-13/h1-3,9H,4-7,10H2,(H,22,24). The highest BCUT2D eigenvalue weighted by molar-refractivity contribution is 6.13. The molecule has 4 heterocycles. The van der Waals surface area contributed by atoms with Gasteiger partial charge in [0.05, 0.1) is 23.9 Å². The average molecular weight is 360 g/mol. The average Bonchev–Trinajstić information content (AvgIpc) is 2.99. The van der Waals surface area contributed by atoms with E-state index in [0.717, 1.165) is 16.3 Å². The van der Waals surface area contributed by atoms with E-state index in [1.54, 1.807) is 12.4 Å². The maximum absolute atomic E-state index is 12.6. The molecule has 0 unspecified atom stereocenters. The normalized spacial score (nSPS) is 16.3. The molecule has 0 aliphatic carbocycles. The number of hydrogen-bond acceptors (Lipinski definition) is 5. The lowest BCUT2D eigenvalue weighted by Crippen LogP contribution is -2.49. The predicted octanol–water partition coefficient (Wildman–Crippen LogP) is 2.67. The summed E-state index contributed by atoms with van der Waals surface area (Å²) >= 11 is 0. The molecule has 6 nitrogen and oxygen atoms in total. The SMILES string of the molecule is N#Cc1ncc2[nH]c3ncccc3c2c1N1CCN(CC(F)(F)F)CC1. The minimum atomic E-state index is -4.20. The Morgan fingerprint density at radius 3 is 2.65 bits per heavy atom. The van der Waals surface area contributed by atoms with E-state index >= 15 is 0 Å². The van der Waals surface area contributed by atoms with Crippen LogP contribution < -0.4 is 4.90 Å². The molecule has 1 saturated heterocycles. The van der Waals surface area contributed by atoms with Gasteiger partial charge in [0.2, 0.25) is 0 Å². The van der Waals surface area contributed by atoms with Gasteiger partial charge in [-0.3, -0.25) is 4.90 Å². The summed E-state index contributed by atoms with van der Waals surface area (Å²) in [4.78, 5) is 15.0. The monoisotopic (exact) mass is 360 g/mol. The van der Waals surface area contributed by atoms with Crippen LogP contribution in [0.25, 0.3) is 21.9 Å². The van der Waals surface area contributed by atoms with Crippen LogP contribution in [0.3, 0.4) is 0 Å². The molecule has 3 aromatic heterocycles. The van der Waals surface area contributed by atoms with Gasteiger partial charge in [-0.1, -0.05) is 0 Å². The van der Waals surface area contributed by atoms with Gasteiger partial charge in [0.15, 0.2) is 5.69 Å². The minimum absolute atomic E-state index is 0.270. The van der Waals surface area contributed by atoms with Crippen LogP contribution in [0.4, 0.5) is 18.9 Å². The number of anilines is 1. The van der Waals surface area contributed by atoms with Crippen molar-refractivity contribution in [2.45, 2.75) is 6.18 Å². The summed E-state index contributed by atoms with van der Waals surface area (Å²) < 4.78 is 37.8. The van der Waals surface area contributed by atoms with Gasteiger partial charge in [0.1, 0.15) is 11.7 Å². The summed E-state index contributed by atoms with van der Waals surface area (Å²) in [5.41, 5.74) is 2.38. The molecule has 134 valence electrons. The van der Waals surface area contributed by atoms with E-state index in [-0.39, 0.29) is 18.8 Å². The number of hydrogen-bond donors (Lipinski definition) is 1. The number of H-pyrrole nitrogens is 1. The number of piperazine rings is 1. The molecule has 1 fully saturated rings. The second-order valence-electron chi connectivity index (χ2n) is 6.26. The number of nitriles is 1. The van der Waals surface area contributed by atoms with Gasteiger partial charge in [-0.2, -0.15) is 18.4 Å². The Morgan fingerprint density at radius 2 is 1.96 bits per heavy atom. The molecule has 0 atom stereocenters. The molecule has 0 spiro atoms. The second kappa shape index (κ2) is 6.14. The van der Waals surface area contributed by atoms with Crippen LogP contribution in [-0.2, 0) is 0 Å². The van der Waals surface area contributed by atoms with E-state index < -0.39 is 12.7 Å². The first-order valence-corrected chi connectivity index (χ1v) is 8.16. The van der Waals surface area contributed by atoms with E-state index in [9.17, 15) is 18.4 Å². The van der Waals surface area contributed by atoms with E-state index in [4.69, 9.17) is 0 Å². The summed E-state index contributed by atoms with van der Waals surface area (Å²) in [6.07, 6.45) is -0.936. The zero-order valence-corrected chi connectivity index (χ0v) is 13.7. The smallest absolute Gasteiger partial charge is 0.366 e. The van der Waals surface area contributed by atoms with Crippen molar-refractivity contribution in [3.05, 3.63) is 30.2 Å². The molecule has 0 radical (unpaired) electrons. The van der Waals surface area contributed by atoms with Crippen molar-refractivity contribution in [3.63, 3.8) is 0 Å². The topological polar surface area (TPSA) is 71.8 Å². The number of aromatic nitrogens is 3. The molecular weight excluding hydrogens is 345 g/mol. The van der Waals surface area contributed by atoms with Gasteiger partial charge in [-0.05, 0) is 12.1 Å². The maximum atomic E-state index is 12.6. The number of alkyl halides is 3. The van der Waals surface area contributed by atoms with E-state index in [1.807, 2.05) is 17.0 Å². The Hall–Kier alpha value is -2.86. The Bertz CT molecular complexity index is 995. The molecule has 1 aliphatic rings. The molecule has 0 bridgehead atoms. The summed E-state index contributed by atoms with van der Waals surface area (Å²) in [6, 6.07) is 5.83. The lowest BCUT2D eigenvalue weighted by atomic mass is 10.1. The first-order chi connectivity index (χ1) is 12.5. The molecule has 9 heteroatoms. The number of nitrogens with zero attached hydrogens (tertiary/aromatic N) is 5. The van der Waals surface area contributed by atoms with Gasteiger partial charge >= 0.3 is 6.18 Å². The second-order valence-corrected chi connectivity index (χ2v) is 6.26. The van der Waals surface area contributed by atoms with Crippen LogP contribution in [-0.4, -0.2) is 58.8 Å². The summed E-state index contributed by atoms with van der Waals surface area (Å²) in [6.45, 7) is 0.450. The molecule has 1 N–H and O–H groups in total. The highest BCUT2D eigenvalue weighted by atomic mass is 19.4. The molecule has 0 saturated carbocycles. The van der Waals surface area contributed by atoms with Crippen molar-refractivity contribution in [2.75, 3.05) is 37.6 Å². The number of fused-ring (bicyclic) bond motifs is 3. The number of pyridine rings is 2. The van der Waals surface area contributed by atoms with E-state index in [2.05, 4.69) is 21.0 Å². The molecule has 4 rings (SSSR count). The fourth-order valence-electron chi connectivity index (χ4n) is 3.48. The first-order valence-electron chi connectivity index (χ1n) is 8.16. The molecule has 3 aromatic rings. The van der Waals surface area contributed by atoms with Gasteiger partial charge in [0, 0.05) is 43.1 Å². The van der Waals surface area contributed by atoms with Crippen molar-refractivity contribution < 1.29 is 13.2 Å². The van der Waals surface area contributed by atoms with Crippen molar-refractivity contribution >= 4 is 27.6 Å². The van der Waals surface area contributed by atoms with Crippen LogP contribution >= 0.6 is 0 Å². The third kappa shape index (κ3) is 2.93. The number of aromatic amines is 1. The quantitative estimate of drug-likeness (QED) is 0.761. The summed E-state index contributed by atoms with van der Waals surface area (Å²) in [7, 11) is 0. The maximum Gasteiger partial charge on any atom is 0.401 e. The largest absolute Gasteiger partial charge is 0.401 e. The van der Waals surface area contributed by atoms with Crippen molar-refractivity contribution in [3.8, 4) is 6.07 Å². The Morgan fingerprint density at radius 1 is 1.19 bits per heavy atom. The highest BCUT2D eigenvalue weighted by Gasteiger charge is 2.33. The third-order valence-corrected chi connectivity index (χ3v) is 4.58. The van der Waals surface area contributed by atoms with E-state index in [1.165, 1.54) is 4.90 Å². The molecule has 0 amide bonds. The molecular formula is C17H15F3N6. The van der Waals surface area contributed by atoms with Gasteiger partial charge in [-0.25, -0.2) is 9.97 Å². The predicted molar refractivity (Wildman–Crippen MR) is 90.8 cm³/mol. The van der Waals surface area contributed by atoms with Crippen LogP contribution in [0.1, 0.15) is 5.69 Å². The number of rotatable bonds is 2. The summed E-state index contributed by atoms with van der Waals surface area (Å²) in [5.74, 6) is 0. The zero-order valence-electron chi connectivity index (χ0n) is 13.7. The van der Waals surface area contributed by atoms with Crippen molar-refractivity contribution in [2.24, 2.45) is 0 Å². The highest BCUT2D eigenvalue weighted by Crippen LogP contribution is 2.35. The van der Waals surface area contributed by atoms with E-state index in [0.29, 0.717) is 24.4 Å². The van der Waals surface area contributed by atoms with Crippen LogP contribution in [0, 0.1) is 11.3 Å². The summed E-state index contributed by atoms with van der Waals surface area (Å²) in [5, 5.41) is 11.2. The van der Waals surface area contributed by atoms with Gasteiger partial charge < -0.3 is 9.88 Å². The van der Waals surface area contributed by atoms with Gasteiger partial charge in [-0.15, -0.1) is 0 Å². The fourth-order valence-corrected chi connectivity index (χ4v) is 3.48. The molecule has 1 aliphatic heterocycles. The van der Waals surface area contributed by atoms with Crippen LogP contribution in [0.15, 0.2) is 24.5 Å². The third-order valence-electron chi connectivity index (χ3n) is 4.58. The number of halogens is 3. The van der Waals surface area contributed by atoms with Crippen molar-refractivity contribution in [1.29, 1.82) is 5.26 Å². The molecule has 0 aromatic carbocycles. The zero-order chi connectivity index (χ0) is 18.3. The Balaban J connectivity index is 1.73. The molecule has 26 heavy (non-hydrogen) atoms. The lowest BCUT2D eigenvalue weighted by molar-refractivity contribution is -0.146. The van der Waals surface area contributed by atoms with Crippen LogP contribution in [0.2, 0.25) is 0 Å². The Kier molecular flexibility index (Phi) is 3.92. The number of nitrogens with one attached hydrogen (secondary N) is 1. The minimum Gasteiger partial charge on any atom is -0.366 e. The lowest BCUT2D eigenvalue weighted by Gasteiger charge is -2.36. The van der Waals surface area contributed by atoms with Crippen LogP contribution in [0.5, 0.6) is 0 Å². The van der Waals surface area contributed by atoms with Gasteiger partial charge in [0.25, 0.3) is 0 Å². The fraction of sp³-hybridized carbons (Fsp3) is 0.353. The Labute approximate surface area is 146 Å². The first kappa shape index (κ1) is 16.6.